The standard InChI is InChI=1S/C61H38N2O2/c1-4-17-40(18-5-1)60-62-53(38-54(63-60)44-32-33-48-42(37-44)31-30-39-16-10-11-25-47(39)48)43-20-14-19-41(36-43)49-27-15-29-55-58(49)65-59-56(64-55)35-34-52-57(59)50-26-12-13-28-51(50)61(52,45-21-6-2-7-22-45)46-23-8-3-9-24-46/h1-38H. The Hall–Kier alpha value is -8.60. The molecule has 1 aliphatic heterocycles. The van der Waals surface area contributed by atoms with Gasteiger partial charge >= 0.3 is 0 Å². The van der Waals surface area contributed by atoms with Gasteiger partial charge in [0.05, 0.1) is 16.8 Å². The van der Waals surface area contributed by atoms with Crippen LogP contribution in [0.5, 0.6) is 23.0 Å². The van der Waals surface area contributed by atoms with Crippen LogP contribution in [0, 0.1) is 0 Å². The third-order valence-electron chi connectivity index (χ3n) is 13.2. The third-order valence-corrected chi connectivity index (χ3v) is 13.2. The van der Waals surface area contributed by atoms with Gasteiger partial charge in [0.1, 0.15) is 0 Å². The Morgan fingerprint density at radius 2 is 0.938 bits per heavy atom. The fourth-order valence-corrected chi connectivity index (χ4v) is 10.3. The predicted octanol–water partition coefficient (Wildman–Crippen LogP) is 15.7. The molecule has 10 aromatic carbocycles. The van der Waals surface area contributed by atoms with Gasteiger partial charge in [0.25, 0.3) is 0 Å². The second kappa shape index (κ2) is 14.8. The van der Waals surface area contributed by atoms with Gasteiger partial charge in [0.15, 0.2) is 28.8 Å². The summed E-state index contributed by atoms with van der Waals surface area (Å²) in [5, 5.41) is 4.86. The third kappa shape index (κ3) is 5.85. The predicted molar refractivity (Wildman–Crippen MR) is 263 cm³/mol. The van der Waals surface area contributed by atoms with Crippen LogP contribution in [-0.4, -0.2) is 9.97 Å². The average Bonchev–Trinajstić information content (AvgIpc) is 3.70. The molecule has 13 rings (SSSR count). The van der Waals surface area contributed by atoms with Crippen LogP contribution < -0.4 is 9.47 Å². The topological polar surface area (TPSA) is 44.2 Å². The van der Waals surface area contributed by atoms with Crippen molar-refractivity contribution in [3.8, 4) is 79.2 Å². The molecule has 0 spiro atoms. The van der Waals surface area contributed by atoms with Crippen molar-refractivity contribution < 1.29 is 9.47 Å². The molecule has 2 aliphatic rings. The SMILES string of the molecule is c1ccc(-c2nc(-c3cccc(-c4cccc5c4Oc4c(ccc6c4-c4ccccc4C6(c4ccccc4)c4ccccc4)O5)c3)cc(-c3ccc4c(ccc5ccccc54)c3)n2)cc1. The molecule has 0 unspecified atom stereocenters. The molecule has 1 aliphatic carbocycles. The van der Waals surface area contributed by atoms with E-state index in [1.54, 1.807) is 0 Å². The van der Waals surface area contributed by atoms with E-state index in [2.05, 4.69) is 200 Å². The molecule has 2 heterocycles. The number of benzene rings is 10. The Morgan fingerprint density at radius 3 is 1.74 bits per heavy atom. The summed E-state index contributed by atoms with van der Waals surface area (Å²) < 4.78 is 14.1. The molecular weight excluding hydrogens is 793 g/mol. The highest BCUT2D eigenvalue weighted by molar-refractivity contribution is 6.08. The average molecular weight is 831 g/mol. The fourth-order valence-electron chi connectivity index (χ4n) is 10.3. The van der Waals surface area contributed by atoms with Crippen molar-refractivity contribution in [2.24, 2.45) is 0 Å². The molecule has 11 aromatic rings. The van der Waals surface area contributed by atoms with Crippen LogP contribution in [-0.2, 0) is 5.41 Å². The fraction of sp³-hybridized carbons (Fsp3) is 0.0164. The Balaban J connectivity index is 0.936. The van der Waals surface area contributed by atoms with Crippen molar-refractivity contribution >= 4 is 21.5 Å². The molecule has 0 N–H and O–H groups in total. The molecular formula is C61H38N2O2. The lowest BCUT2D eigenvalue weighted by Crippen LogP contribution is -2.28. The summed E-state index contributed by atoms with van der Waals surface area (Å²) >= 11 is 0. The molecule has 4 nitrogen and oxygen atoms in total. The quantitative estimate of drug-likeness (QED) is 0.157. The maximum atomic E-state index is 7.24. The van der Waals surface area contributed by atoms with Gasteiger partial charge in [-0.1, -0.05) is 200 Å². The van der Waals surface area contributed by atoms with Crippen molar-refractivity contribution in [2.45, 2.75) is 5.41 Å². The van der Waals surface area contributed by atoms with E-state index in [-0.39, 0.29) is 0 Å². The summed E-state index contributed by atoms with van der Waals surface area (Å²) in [4.78, 5) is 10.4. The molecule has 0 radical (unpaired) electrons. The van der Waals surface area contributed by atoms with Gasteiger partial charge in [-0.3, -0.25) is 0 Å². The number of fused-ring (bicyclic) bond motifs is 9. The van der Waals surface area contributed by atoms with Gasteiger partial charge in [-0.15, -0.1) is 0 Å². The number of para-hydroxylation sites is 1. The monoisotopic (exact) mass is 830 g/mol. The van der Waals surface area contributed by atoms with Crippen LogP contribution in [0.2, 0.25) is 0 Å². The molecule has 304 valence electrons. The Morgan fingerprint density at radius 1 is 0.338 bits per heavy atom. The highest BCUT2D eigenvalue weighted by Crippen LogP contribution is 2.63. The lowest BCUT2D eigenvalue weighted by molar-refractivity contribution is 0.361. The molecule has 0 saturated carbocycles. The van der Waals surface area contributed by atoms with E-state index in [1.807, 2.05) is 30.3 Å². The summed E-state index contributed by atoms with van der Waals surface area (Å²) in [5.41, 5.74) is 12.9. The zero-order valence-corrected chi connectivity index (χ0v) is 35.2. The Bertz CT molecular complexity index is 3620. The lowest BCUT2D eigenvalue weighted by atomic mass is 9.68. The number of nitrogens with zero attached hydrogens (tertiary/aromatic N) is 2. The van der Waals surface area contributed by atoms with Gasteiger partial charge in [0, 0.05) is 27.8 Å². The minimum Gasteiger partial charge on any atom is -0.449 e. The number of hydrogen-bond donors (Lipinski definition) is 0. The lowest BCUT2D eigenvalue weighted by Gasteiger charge is -2.34. The van der Waals surface area contributed by atoms with Crippen molar-refractivity contribution in [3.63, 3.8) is 0 Å². The molecule has 4 heteroatoms. The Labute approximate surface area is 376 Å². The van der Waals surface area contributed by atoms with Gasteiger partial charge < -0.3 is 9.47 Å². The van der Waals surface area contributed by atoms with Crippen LogP contribution >= 0.6 is 0 Å². The maximum absolute atomic E-state index is 7.24. The normalized spacial score (nSPS) is 13.0. The zero-order valence-electron chi connectivity index (χ0n) is 35.2. The van der Waals surface area contributed by atoms with Gasteiger partial charge in [-0.2, -0.15) is 0 Å². The first-order valence-corrected chi connectivity index (χ1v) is 22.0. The highest BCUT2D eigenvalue weighted by Gasteiger charge is 2.48. The minimum atomic E-state index is -0.558. The van der Waals surface area contributed by atoms with E-state index < -0.39 is 5.41 Å². The number of ether oxygens (including phenoxy) is 2. The molecule has 65 heavy (non-hydrogen) atoms. The Kier molecular flexibility index (Phi) is 8.40. The molecule has 1 aromatic heterocycles. The molecule has 0 fully saturated rings. The van der Waals surface area contributed by atoms with E-state index in [4.69, 9.17) is 19.4 Å². The molecule has 0 amide bonds. The zero-order chi connectivity index (χ0) is 42.9. The van der Waals surface area contributed by atoms with Crippen molar-refractivity contribution in [1.29, 1.82) is 0 Å². The van der Waals surface area contributed by atoms with Crippen molar-refractivity contribution in [1.82, 2.24) is 9.97 Å². The first kappa shape index (κ1) is 37.0. The van der Waals surface area contributed by atoms with Crippen LogP contribution in [0.1, 0.15) is 22.3 Å². The largest absolute Gasteiger partial charge is 0.449 e. The summed E-state index contributed by atoms with van der Waals surface area (Å²) in [6, 6.07) is 81.2. The van der Waals surface area contributed by atoms with Crippen LogP contribution in [0.15, 0.2) is 231 Å². The number of hydrogen-bond acceptors (Lipinski definition) is 4. The second-order valence-electron chi connectivity index (χ2n) is 16.8. The smallest absolute Gasteiger partial charge is 0.178 e. The number of aromatic nitrogens is 2. The van der Waals surface area contributed by atoms with Crippen molar-refractivity contribution in [3.05, 3.63) is 253 Å². The summed E-state index contributed by atoms with van der Waals surface area (Å²) in [6.45, 7) is 0. The molecule has 0 bridgehead atoms. The van der Waals surface area contributed by atoms with E-state index in [9.17, 15) is 0 Å². The van der Waals surface area contributed by atoms with Crippen LogP contribution in [0.25, 0.3) is 77.7 Å². The van der Waals surface area contributed by atoms with E-state index in [0.29, 0.717) is 23.1 Å². The molecule has 0 saturated heterocycles. The van der Waals surface area contributed by atoms with Crippen LogP contribution in [0.4, 0.5) is 0 Å². The van der Waals surface area contributed by atoms with E-state index in [1.165, 1.54) is 38.2 Å². The van der Waals surface area contributed by atoms with Gasteiger partial charge in [-0.25, -0.2) is 9.97 Å². The van der Waals surface area contributed by atoms with E-state index in [0.717, 1.165) is 61.6 Å². The highest BCUT2D eigenvalue weighted by atomic mass is 16.6. The summed E-state index contributed by atoms with van der Waals surface area (Å²) in [6.07, 6.45) is 0. The summed E-state index contributed by atoms with van der Waals surface area (Å²) in [5.74, 6) is 3.43. The van der Waals surface area contributed by atoms with Gasteiger partial charge in [0.2, 0.25) is 0 Å². The number of rotatable bonds is 6. The first-order chi connectivity index (χ1) is 32.2. The molecule has 0 atom stereocenters. The minimum absolute atomic E-state index is 0.558. The van der Waals surface area contributed by atoms with Crippen LogP contribution in [0.3, 0.4) is 0 Å². The van der Waals surface area contributed by atoms with E-state index >= 15 is 0 Å². The summed E-state index contributed by atoms with van der Waals surface area (Å²) in [7, 11) is 0. The first-order valence-electron chi connectivity index (χ1n) is 22.0. The van der Waals surface area contributed by atoms with Crippen molar-refractivity contribution in [2.75, 3.05) is 0 Å². The second-order valence-corrected chi connectivity index (χ2v) is 16.8. The van der Waals surface area contributed by atoms with Gasteiger partial charge in [-0.05, 0) is 85.3 Å². The maximum Gasteiger partial charge on any atom is 0.178 e.